The number of alkyl halides is 4. The average molecular weight is 213 g/mol. The highest BCUT2D eigenvalue weighted by Crippen LogP contribution is 2.38. The predicted octanol–water partition coefficient (Wildman–Crippen LogP) is 2.61. The van der Waals surface area contributed by atoms with Gasteiger partial charge in [0.1, 0.15) is 0 Å². The summed E-state index contributed by atoms with van der Waals surface area (Å²) in [7, 11) is 0. The van der Waals surface area contributed by atoms with Crippen molar-refractivity contribution in [2.45, 2.75) is 24.4 Å². The maximum absolute atomic E-state index is 12.2. The van der Waals surface area contributed by atoms with E-state index in [1.165, 1.54) is 0 Å². The van der Waals surface area contributed by atoms with Gasteiger partial charge in [0.15, 0.2) is 0 Å². The lowest BCUT2D eigenvalue weighted by molar-refractivity contribution is -0.173. The molecule has 0 aromatic rings. The third kappa shape index (κ3) is 2.21. The number of nitrogens with one attached hydrogen (secondary N) is 2. The molecule has 2 nitrogen and oxygen atoms in total. The van der Waals surface area contributed by atoms with E-state index in [0.717, 1.165) is 0 Å². The molecule has 1 aliphatic rings. The summed E-state index contributed by atoms with van der Waals surface area (Å²) in [4.78, 5) is 0. The Labute approximate surface area is 78.1 Å². The Morgan fingerprint density at radius 2 is 1.62 bits per heavy atom. The highest BCUT2D eigenvalue weighted by atomic mass is 35.5. The van der Waals surface area contributed by atoms with E-state index in [9.17, 15) is 13.2 Å². The molecular weight excluding hydrogens is 205 g/mol. The van der Waals surface area contributed by atoms with Crippen LogP contribution in [0.2, 0.25) is 0 Å². The van der Waals surface area contributed by atoms with Crippen molar-refractivity contribution in [3.63, 3.8) is 0 Å². The van der Waals surface area contributed by atoms with Crippen molar-refractivity contribution >= 4 is 23.0 Å². The molecule has 1 saturated carbocycles. The third-order valence-corrected chi connectivity index (χ3v) is 2.50. The monoisotopic (exact) mass is 212 g/mol. The second-order valence-electron chi connectivity index (χ2n) is 3.03. The average Bonchev–Trinajstić information content (AvgIpc) is 1.94. The molecule has 2 atom stereocenters. The van der Waals surface area contributed by atoms with Crippen LogP contribution in [0, 0.1) is 16.7 Å². The van der Waals surface area contributed by atoms with Gasteiger partial charge in [0.05, 0.1) is 22.7 Å². The molecule has 2 unspecified atom stereocenters. The molecular formula is C7H8ClF3N2. The van der Waals surface area contributed by atoms with Crippen LogP contribution in [0.1, 0.15) is 12.8 Å². The van der Waals surface area contributed by atoms with Crippen molar-refractivity contribution in [3.8, 4) is 0 Å². The summed E-state index contributed by atoms with van der Waals surface area (Å²) in [5.74, 6) is -1.67. The summed E-state index contributed by atoms with van der Waals surface area (Å²) in [6, 6.07) is 0. The predicted molar refractivity (Wildman–Crippen MR) is 43.9 cm³/mol. The van der Waals surface area contributed by atoms with E-state index in [0.29, 0.717) is 0 Å². The summed E-state index contributed by atoms with van der Waals surface area (Å²) in [5, 5.41) is 13.2. The smallest absolute Gasteiger partial charge is 0.303 e. The summed E-state index contributed by atoms with van der Waals surface area (Å²) >= 11 is 5.47. The van der Waals surface area contributed by atoms with E-state index < -0.39 is 23.9 Å². The van der Waals surface area contributed by atoms with Gasteiger partial charge in [-0.2, -0.15) is 13.2 Å². The van der Waals surface area contributed by atoms with Crippen molar-refractivity contribution in [2.75, 3.05) is 0 Å². The first-order valence-corrected chi connectivity index (χ1v) is 4.12. The van der Waals surface area contributed by atoms with E-state index in [2.05, 4.69) is 0 Å². The van der Waals surface area contributed by atoms with Gasteiger partial charge in [0.2, 0.25) is 0 Å². The fourth-order valence-electron chi connectivity index (χ4n) is 1.25. The molecule has 1 rings (SSSR count). The second kappa shape index (κ2) is 3.29. The lowest BCUT2D eigenvalue weighted by Crippen LogP contribution is -2.40. The maximum atomic E-state index is 12.2. The number of hydrogen-bond donors (Lipinski definition) is 2. The quantitative estimate of drug-likeness (QED) is 0.580. The van der Waals surface area contributed by atoms with Gasteiger partial charge in [-0.15, -0.1) is 11.6 Å². The van der Waals surface area contributed by atoms with E-state index >= 15 is 0 Å². The maximum Gasteiger partial charge on any atom is 0.393 e. The van der Waals surface area contributed by atoms with Gasteiger partial charge in [-0.05, 0) is 0 Å². The van der Waals surface area contributed by atoms with Gasteiger partial charge in [0, 0.05) is 12.8 Å². The van der Waals surface area contributed by atoms with Gasteiger partial charge in [0.25, 0.3) is 0 Å². The van der Waals surface area contributed by atoms with E-state index in [1.54, 1.807) is 0 Å². The fraction of sp³-hybridized carbons (Fsp3) is 0.714. The van der Waals surface area contributed by atoms with Gasteiger partial charge in [-0.3, -0.25) is 0 Å². The molecule has 0 saturated heterocycles. The first-order chi connectivity index (χ1) is 5.82. The van der Waals surface area contributed by atoms with Gasteiger partial charge >= 0.3 is 6.18 Å². The van der Waals surface area contributed by atoms with Crippen LogP contribution in [0.3, 0.4) is 0 Å². The standard InChI is InChI=1S/C7H8ClF3N2/c8-4-2-6(13)5(12)1-3(4)7(9,10)11/h3-4,12-13H,1-2H2. The topological polar surface area (TPSA) is 47.7 Å². The molecule has 1 aliphatic carbocycles. The van der Waals surface area contributed by atoms with Gasteiger partial charge < -0.3 is 10.8 Å². The summed E-state index contributed by atoms with van der Waals surface area (Å²) in [5.41, 5.74) is -0.334. The molecule has 0 radical (unpaired) electrons. The zero-order valence-electron chi connectivity index (χ0n) is 6.58. The second-order valence-corrected chi connectivity index (χ2v) is 3.59. The molecule has 6 heteroatoms. The number of halogens is 4. The number of hydrogen-bond acceptors (Lipinski definition) is 2. The van der Waals surface area contributed by atoms with Crippen LogP contribution in [0.25, 0.3) is 0 Å². The zero-order chi connectivity index (χ0) is 10.2. The highest BCUT2D eigenvalue weighted by molar-refractivity contribution is 6.42. The van der Waals surface area contributed by atoms with E-state index in [-0.39, 0.29) is 17.8 Å². The summed E-state index contributed by atoms with van der Waals surface area (Å²) in [6.45, 7) is 0. The van der Waals surface area contributed by atoms with Gasteiger partial charge in [-0.25, -0.2) is 0 Å². The molecule has 0 spiro atoms. The minimum Gasteiger partial charge on any atom is -0.303 e. The Bertz CT molecular complexity index is 249. The van der Waals surface area contributed by atoms with Crippen molar-refractivity contribution < 1.29 is 13.2 Å². The van der Waals surface area contributed by atoms with Crippen LogP contribution in [0.4, 0.5) is 13.2 Å². The van der Waals surface area contributed by atoms with Crippen LogP contribution < -0.4 is 0 Å². The molecule has 0 aromatic carbocycles. The molecule has 0 heterocycles. The molecule has 2 N–H and O–H groups in total. The van der Waals surface area contributed by atoms with E-state index in [4.69, 9.17) is 22.4 Å². The Morgan fingerprint density at radius 1 is 1.15 bits per heavy atom. The SMILES string of the molecule is N=C1CC(Cl)C(C(F)(F)F)CC1=N. The van der Waals surface area contributed by atoms with Crippen LogP contribution in [0.5, 0.6) is 0 Å². The van der Waals surface area contributed by atoms with Crippen molar-refractivity contribution in [1.82, 2.24) is 0 Å². The highest BCUT2D eigenvalue weighted by Gasteiger charge is 2.47. The first kappa shape index (κ1) is 10.5. The minimum atomic E-state index is -4.36. The fourth-order valence-corrected chi connectivity index (χ4v) is 1.64. The van der Waals surface area contributed by atoms with Crippen molar-refractivity contribution in [2.24, 2.45) is 5.92 Å². The van der Waals surface area contributed by atoms with Gasteiger partial charge in [-0.1, -0.05) is 0 Å². The Hall–Kier alpha value is -0.580. The molecule has 0 aliphatic heterocycles. The zero-order valence-corrected chi connectivity index (χ0v) is 7.34. The molecule has 0 bridgehead atoms. The van der Waals surface area contributed by atoms with Crippen LogP contribution in [0.15, 0.2) is 0 Å². The van der Waals surface area contributed by atoms with Crippen LogP contribution >= 0.6 is 11.6 Å². The lowest BCUT2D eigenvalue weighted by Gasteiger charge is -2.29. The minimum absolute atomic E-state index is 0.0829. The molecule has 0 amide bonds. The van der Waals surface area contributed by atoms with Crippen LogP contribution in [-0.2, 0) is 0 Å². The molecule has 13 heavy (non-hydrogen) atoms. The number of rotatable bonds is 0. The van der Waals surface area contributed by atoms with Crippen molar-refractivity contribution in [3.05, 3.63) is 0 Å². The Kier molecular flexibility index (Phi) is 2.66. The first-order valence-electron chi connectivity index (χ1n) is 3.68. The molecule has 1 fully saturated rings. The Balaban J connectivity index is 2.78. The lowest BCUT2D eigenvalue weighted by atomic mass is 9.85. The molecule has 0 aromatic heterocycles. The summed E-state index contributed by atoms with van der Waals surface area (Å²) < 4.78 is 36.7. The largest absolute Gasteiger partial charge is 0.393 e. The Morgan fingerprint density at radius 3 is 2.08 bits per heavy atom. The van der Waals surface area contributed by atoms with Crippen LogP contribution in [-0.4, -0.2) is 23.0 Å². The molecule has 74 valence electrons. The summed E-state index contributed by atoms with van der Waals surface area (Å²) in [6.07, 6.45) is -4.99. The third-order valence-electron chi connectivity index (χ3n) is 2.04. The van der Waals surface area contributed by atoms with E-state index in [1.807, 2.05) is 0 Å². The normalized spacial score (nSPS) is 30.8. The van der Waals surface area contributed by atoms with Crippen molar-refractivity contribution in [1.29, 1.82) is 10.8 Å².